The summed E-state index contributed by atoms with van der Waals surface area (Å²) < 4.78 is 5.71. The first-order valence-corrected chi connectivity index (χ1v) is 11.4. The molecular weight excluding hydrogens is 475 g/mol. The fraction of sp³-hybridized carbons (Fsp3) is 0.227. The summed E-state index contributed by atoms with van der Waals surface area (Å²) in [6.45, 7) is 1.56. The van der Waals surface area contributed by atoms with Crippen LogP contribution in [-0.4, -0.2) is 45.5 Å². The standard InChI is InChI=1S/C22H20Cl2N2O5S/c1-13(27)26-12-32-11-20(26)21(28)25-19(22(29)30)9-14-5-7-15(8-6-14)31-10-16-17(23)3-2-4-18(16)24/h2-9,20H,10-12H2,1H3,(H,25,28)(H,29,30)/b19-9+/t20-/m1/s1. The minimum absolute atomic E-state index is 0.177. The lowest BCUT2D eigenvalue weighted by Gasteiger charge is -2.21. The summed E-state index contributed by atoms with van der Waals surface area (Å²) in [5, 5.41) is 12.9. The molecule has 2 aromatic rings. The van der Waals surface area contributed by atoms with Crippen molar-refractivity contribution in [1.82, 2.24) is 10.2 Å². The molecule has 0 spiro atoms. The van der Waals surface area contributed by atoms with Crippen molar-refractivity contribution in [2.75, 3.05) is 11.6 Å². The van der Waals surface area contributed by atoms with Gasteiger partial charge in [0, 0.05) is 28.3 Å². The van der Waals surface area contributed by atoms with Crippen LogP contribution in [0.3, 0.4) is 0 Å². The molecule has 1 saturated heterocycles. The first kappa shape index (κ1) is 24.0. The van der Waals surface area contributed by atoms with Crippen LogP contribution >= 0.6 is 35.0 Å². The van der Waals surface area contributed by atoms with Crippen molar-refractivity contribution in [2.24, 2.45) is 0 Å². The zero-order valence-electron chi connectivity index (χ0n) is 17.0. The lowest BCUT2D eigenvalue weighted by atomic mass is 10.1. The number of rotatable bonds is 7. The van der Waals surface area contributed by atoms with Crippen molar-refractivity contribution in [3.63, 3.8) is 0 Å². The van der Waals surface area contributed by atoms with Crippen LogP contribution in [0.1, 0.15) is 18.1 Å². The molecule has 0 saturated carbocycles. The summed E-state index contributed by atoms with van der Waals surface area (Å²) in [7, 11) is 0. The zero-order valence-corrected chi connectivity index (χ0v) is 19.3. The molecule has 168 valence electrons. The lowest BCUT2D eigenvalue weighted by molar-refractivity contribution is -0.137. The number of halogens is 2. The maximum absolute atomic E-state index is 12.5. The number of benzene rings is 2. The van der Waals surface area contributed by atoms with E-state index < -0.39 is 17.9 Å². The predicted octanol–water partition coefficient (Wildman–Crippen LogP) is 4.04. The van der Waals surface area contributed by atoms with Gasteiger partial charge in [-0.25, -0.2) is 4.79 Å². The number of carboxylic acid groups (broad SMARTS) is 1. The van der Waals surface area contributed by atoms with Crippen LogP contribution in [-0.2, 0) is 21.0 Å². The molecule has 2 amide bonds. The highest BCUT2D eigenvalue weighted by Gasteiger charge is 2.33. The van der Waals surface area contributed by atoms with E-state index in [-0.39, 0.29) is 18.2 Å². The van der Waals surface area contributed by atoms with Gasteiger partial charge in [-0.1, -0.05) is 41.4 Å². The van der Waals surface area contributed by atoms with E-state index in [2.05, 4.69) is 5.32 Å². The number of hydrogen-bond donors (Lipinski definition) is 2. The molecule has 1 atom stereocenters. The molecule has 2 aromatic carbocycles. The average molecular weight is 495 g/mol. The molecule has 1 aliphatic heterocycles. The van der Waals surface area contributed by atoms with Crippen LogP contribution in [0.2, 0.25) is 10.0 Å². The fourth-order valence-corrected chi connectivity index (χ4v) is 4.72. The van der Waals surface area contributed by atoms with Gasteiger partial charge in [-0.15, -0.1) is 11.8 Å². The van der Waals surface area contributed by atoms with Crippen LogP contribution in [0.5, 0.6) is 5.75 Å². The van der Waals surface area contributed by atoms with Gasteiger partial charge < -0.3 is 20.1 Å². The van der Waals surface area contributed by atoms with Gasteiger partial charge >= 0.3 is 5.97 Å². The second-order valence-electron chi connectivity index (χ2n) is 6.91. The molecule has 0 radical (unpaired) electrons. The molecule has 0 bridgehead atoms. The SMILES string of the molecule is CC(=O)N1CSC[C@@H]1C(=O)N/C(=C/c1ccc(OCc2c(Cl)cccc2Cl)cc1)C(=O)O. The first-order chi connectivity index (χ1) is 15.3. The molecule has 0 aliphatic carbocycles. The quantitative estimate of drug-likeness (QED) is 0.564. The highest BCUT2D eigenvalue weighted by molar-refractivity contribution is 7.99. The number of amides is 2. The average Bonchev–Trinajstić information content (AvgIpc) is 3.24. The van der Waals surface area contributed by atoms with Crippen molar-refractivity contribution < 1.29 is 24.2 Å². The summed E-state index contributed by atoms with van der Waals surface area (Å²) >= 11 is 13.7. The van der Waals surface area contributed by atoms with E-state index in [1.807, 2.05) is 0 Å². The van der Waals surface area contributed by atoms with Gasteiger partial charge in [0.15, 0.2) is 0 Å². The zero-order chi connectivity index (χ0) is 23.3. The Bertz CT molecular complexity index is 1040. The maximum atomic E-state index is 12.5. The largest absolute Gasteiger partial charge is 0.489 e. The van der Waals surface area contributed by atoms with Crippen LogP contribution < -0.4 is 10.1 Å². The number of ether oxygens (including phenoxy) is 1. The van der Waals surface area contributed by atoms with E-state index in [0.717, 1.165) is 0 Å². The van der Waals surface area contributed by atoms with Crippen molar-refractivity contribution in [3.8, 4) is 5.75 Å². The van der Waals surface area contributed by atoms with Crippen molar-refractivity contribution in [2.45, 2.75) is 19.6 Å². The van der Waals surface area contributed by atoms with Crippen LogP contribution in [0.25, 0.3) is 6.08 Å². The molecule has 1 heterocycles. The van der Waals surface area contributed by atoms with E-state index in [1.54, 1.807) is 42.5 Å². The van der Waals surface area contributed by atoms with Gasteiger partial charge in [0.1, 0.15) is 24.1 Å². The number of nitrogens with zero attached hydrogens (tertiary/aromatic N) is 1. The topological polar surface area (TPSA) is 95.9 Å². The molecule has 10 heteroatoms. The number of hydrogen-bond acceptors (Lipinski definition) is 5. The Hall–Kier alpha value is -2.68. The molecular formula is C22H20Cl2N2O5S. The van der Waals surface area contributed by atoms with E-state index in [0.29, 0.717) is 38.6 Å². The number of aliphatic carboxylic acids is 1. The van der Waals surface area contributed by atoms with Crippen LogP contribution in [0.4, 0.5) is 0 Å². The first-order valence-electron chi connectivity index (χ1n) is 9.53. The third-order valence-corrected chi connectivity index (χ3v) is 6.43. The molecule has 1 aliphatic rings. The Morgan fingerprint density at radius 3 is 2.44 bits per heavy atom. The van der Waals surface area contributed by atoms with E-state index >= 15 is 0 Å². The van der Waals surface area contributed by atoms with E-state index in [4.69, 9.17) is 27.9 Å². The summed E-state index contributed by atoms with van der Waals surface area (Å²) in [4.78, 5) is 37.2. The number of thioether (sulfide) groups is 1. The maximum Gasteiger partial charge on any atom is 0.352 e. The van der Waals surface area contributed by atoms with Gasteiger partial charge in [-0.3, -0.25) is 9.59 Å². The minimum Gasteiger partial charge on any atom is -0.489 e. The number of carbonyl (C=O) groups is 3. The fourth-order valence-electron chi connectivity index (χ4n) is 2.99. The molecule has 3 rings (SSSR count). The Labute approximate surface area is 199 Å². The van der Waals surface area contributed by atoms with Crippen molar-refractivity contribution in [3.05, 3.63) is 69.3 Å². The van der Waals surface area contributed by atoms with Gasteiger partial charge in [0.2, 0.25) is 11.8 Å². The number of carboxylic acids is 1. The Kier molecular flexibility index (Phi) is 8.06. The lowest BCUT2D eigenvalue weighted by Crippen LogP contribution is -2.46. The second kappa shape index (κ2) is 10.8. The van der Waals surface area contributed by atoms with Gasteiger partial charge in [0.25, 0.3) is 0 Å². The molecule has 7 nitrogen and oxygen atoms in total. The highest BCUT2D eigenvalue weighted by Crippen LogP contribution is 2.26. The Morgan fingerprint density at radius 2 is 1.84 bits per heavy atom. The van der Waals surface area contributed by atoms with E-state index in [1.165, 1.54) is 29.7 Å². The Balaban J connectivity index is 1.67. The Morgan fingerprint density at radius 1 is 1.19 bits per heavy atom. The summed E-state index contributed by atoms with van der Waals surface area (Å²) in [6, 6.07) is 11.2. The molecule has 0 unspecified atom stereocenters. The van der Waals surface area contributed by atoms with Crippen LogP contribution in [0.15, 0.2) is 48.2 Å². The predicted molar refractivity (Wildman–Crippen MR) is 125 cm³/mol. The minimum atomic E-state index is -1.29. The van der Waals surface area contributed by atoms with Gasteiger partial charge in [0.05, 0.1) is 5.88 Å². The van der Waals surface area contributed by atoms with Crippen molar-refractivity contribution in [1.29, 1.82) is 0 Å². The summed E-state index contributed by atoms with van der Waals surface area (Å²) in [6.07, 6.45) is 1.34. The molecule has 1 fully saturated rings. The number of nitrogens with one attached hydrogen (secondary N) is 1. The highest BCUT2D eigenvalue weighted by atomic mass is 35.5. The number of carbonyl (C=O) groups excluding carboxylic acids is 2. The molecule has 2 N–H and O–H groups in total. The van der Waals surface area contributed by atoms with Crippen LogP contribution in [0, 0.1) is 0 Å². The van der Waals surface area contributed by atoms with Crippen molar-refractivity contribution >= 4 is 58.8 Å². The third kappa shape index (κ3) is 5.97. The smallest absolute Gasteiger partial charge is 0.352 e. The summed E-state index contributed by atoms with van der Waals surface area (Å²) in [5.41, 5.74) is 0.933. The third-order valence-electron chi connectivity index (χ3n) is 4.71. The molecule has 0 aromatic heterocycles. The monoisotopic (exact) mass is 494 g/mol. The van der Waals surface area contributed by atoms with Gasteiger partial charge in [-0.2, -0.15) is 0 Å². The molecule has 32 heavy (non-hydrogen) atoms. The summed E-state index contributed by atoms with van der Waals surface area (Å²) in [5.74, 6) is -0.688. The second-order valence-corrected chi connectivity index (χ2v) is 8.73. The normalized spacial score (nSPS) is 16.0. The van der Waals surface area contributed by atoms with Gasteiger partial charge in [-0.05, 0) is 35.9 Å². The van der Waals surface area contributed by atoms with E-state index in [9.17, 15) is 19.5 Å².